The highest BCUT2D eigenvalue weighted by Gasteiger charge is 2.50. The first-order chi connectivity index (χ1) is 11.9. The molecule has 1 atom stereocenters. The van der Waals surface area contributed by atoms with Crippen LogP contribution in [0.2, 0.25) is 6.32 Å². The van der Waals surface area contributed by atoms with E-state index in [1.54, 1.807) is 7.05 Å². The Kier molecular flexibility index (Phi) is 7.68. The lowest BCUT2D eigenvalue weighted by Gasteiger charge is -2.38. The summed E-state index contributed by atoms with van der Waals surface area (Å²) >= 11 is 0. The topological polar surface area (TPSA) is 102 Å². The molecule has 0 aromatic heterocycles. The second-order valence-electron chi connectivity index (χ2n) is 8.24. The van der Waals surface area contributed by atoms with Crippen molar-refractivity contribution in [2.24, 2.45) is 5.73 Å². The number of nitrogens with zero attached hydrogens (tertiary/aromatic N) is 1. The fourth-order valence-corrected chi connectivity index (χ4v) is 3.33. The largest absolute Gasteiger partial charge is 0.479 e. The molecule has 150 valence electrons. The Labute approximate surface area is 157 Å². The van der Waals surface area contributed by atoms with Crippen molar-refractivity contribution in [2.45, 2.75) is 89.8 Å². The third-order valence-electron chi connectivity index (χ3n) is 5.89. The Morgan fingerprint density at radius 3 is 2.00 bits per heavy atom. The summed E-state index contributed by atoms with van der Waals surface area (Å²) in [6.45, 7) is 9.83. The van der Waals surface area contributed by atoms with Crippen LogP contribution in [0.1, 0.15) is 66.7 Å². The monoisotopic (exact) mass is 370 g/mol. The van der Waals surface area contributed by atoms with Crippen molar-refractivity contribution in [1.82, 2.24) is 4.90 Å². The van der Waals surface area contributed by atoms with Crippen LogP contribution in [0.4, 0.5) is 0 Å². The van der Waals surface area contributed by atoms with E-state index in [-0.39, 0.29) is 24.2 Å². The van der Waals surface area contributed by atoms with E-state index in [1.807, 2.05) is 27.7 Å². The van der Waals surface area contributed by atoms with Gasteiger partial charge in [0.2, 0.25) is 5.91 Å². The highest BCUT2D eigenvalue weighted by Crippen LogP contribution is 2.38. The SMILES string of the molecule is CC(=O)N(C)C(CCCN)(CCCCB1OC(C)(C)C(C)(C)O1)C(=O)O. The van der Waals surface area contributed by atoms with Gasteiger partial charge in [0, 0.05) is 14.0 Å². The minimum atomic E-state index is -1.21. The molecule has 1 rings (SSSR count). The summed E-state index contributed by atoms with van der Waals surface area (Å²) in [5, 5.41) is 9.83. The minimum Gasteiger partial charge on any atom is -0.479 e. The number of carbonyl (C=O) groups is 2. The summed E-state index contributed by atoms with van der Waals surface area (Å²) in [6, 6.07) is 0. The number of carboxylic acid groups (broad SMARTS) is 1. The van der Waals surface area contributed by atoms with Gasteiger partial charge in [0.15, 0.2) is 0 Å². The molecule has 0 aromatic rings. The fraction of sp³-hybridized carbons (Fsp3) is 0.889. The van der Waals surface area contributed by atoms with E-state index in [2.05, 4.69) is 0 Å². The van der Waals surface area contributed by atoms with Gasteiger partial charge in [0.05, 0.1) is 11.2 Å². The molecular formula is C18H35BN2O5. The van der Waals surface area contributed by atoms with Crippen LogP contribution in [0.5, 0.6) is 0 Å². The number of carboxylic acids is 1. The summed E-state index contributed by atoms with van der Waals surface area (Å²) in [5.74, 6) is -1.23. The third kappa shape index (κ3) is 4.99. The molecule has 0 radical (unpaired) electrons. The lowest BCUT2D eigenvalue weighted by atomic mass is 9.79. The second kappa shape index (κ2) is 8.72. The van der Waals surface area contributed by atoms with E-state index < -0.39 is 11.5 Å². The first kappa shape index (κ1) is 22.9. The molecule has 26 heavy (non-hydrogen) atoms. The van der Waals surface area contributed by atoms with E-state index in [1.165, 1.54) is 11.8 Å². The molecule has 0 saturated carbocycles. The molecule has 3 N–H and O–H groups in total. The van der Waals surface area contributed by atoms with Crippen LogP contribution in [0.3, 0.4) is 0 Å². The number of hydrogen-bond acceptors (Lipinski definition) is 5. The second-order valence-corrected chi connectivity index (χ2v) is 8.24. The van der Waals surface area contributed by atoms with E-state index in [9.17, 15) is 14.7 Å². The van der Waals surface area contributed by atoms with Crippen molar-refractivity contribution in [3.63, 3.8) is 0 Å². The lowest BCUT2D eigenvalue weighted by Crippen LogP contribution is -2.55. The van der Waals surface area contributed by atoms with E-state index in [0.29, 0.717) is 38.5 Å². The van der Waals surface area contributed by atoms with Crippen molar-refractivity contribution in [2.75, 3.05) is 13.6 Å². The van der Waals surface area contributed by atoms with Crippen LogP contribution in [-0.4, -0.2) is 59.3 Å². The Balaban J connectivity index is 2.67. The smallest absolute Gasteiger partial charge is 0.457 e. The first-order valence-electron chi connectivity index (χ1n) is 9.43. The van der Waals surface area contributed by atoms with Crippen LogP contribution in [0.25, 0.3) is 0 Å². The molecule has 1 amide bonds. The highest BCUT2D eigenvalue weighted by molar-refractivity contribution is 6.45. The summed E-state index contributed by atoms with van der Waals surface area (Å²) in [5.41, 5.74) is 3.64. The number of rotatable bonds is 10. The molecule has 8 heteroatoms. The predicted molar refractivity (Wildman–Crippen MR) is 102 cm³/mol. The van der Waals surface area contributed by atoms with E-state index >= 15 is 0 Å². The van der Waals surface area contributed by atoms with Crippen molar-refractivity contribution in [3.8, 4) is 0 Å². The van der Waals surface area contributed by atoms with Crippen molar-refractivity contribution in [1.29, 1.82) is 0 Å². The number of nitrogens with two attached hydrogens (primary N) is 1. The van der Waals surface area contributed by atoms with Crippen LogP contribution in [0.15, 0.2) is 0 Å². The first-order valence-corrected chi connectivity index (χ1v) is 9.43. The highest BCUT2D eigenvalue weighted by atomic mass is 16.7. The molecular weight excluding hydrogens is 335 g/mol. The van der Waals surface area contributed by atoms with Gasteiger partial charge >= 0.3 is 13.1 Å². The van der Waals surface area contributed by atoms with Gasteiger partial charge in [-0.3, -0.25) is 4.79 Å². The molecule has 1 fully saturated rings. The zero-order chi connectivity index (χ0) is 20.2. The summed E-state index contributed by atoms with van der Waals surface area (Å²) in [7, 11) is 1.27. The van der Waals surface area contributed by atoms with E-state index in [4.69, 9.17) is 15.0 Å². The number of carbonyl (C=O) groups excluding carboxylic acids is 1. The van der Waals surface area contributed by atoms with Crippen LogP contribution >= 0.6 is 0 Å². The molecule has 0 spiro atoms. The van der Waals surface area contributed by atoms with Crippen molar-refractivity contribution >= 4 is 19.0 Å². The van der Waals surface area contributed by atoms with Gasteiger partial charge in [-0.05, 0) is 59.8 Å². The molecule has 1 aliphatic rings. The number of amides is 1. The normalized spacial score (nSPS) is 20.7. The zero-order valence-electron chi connectivity index (χ0n) is 17.1. The van der Waals surface area contributed by atoms with Crippen molar-refractivity contribution in [3.05, 3.63) is 0 Å². The summed E-state index contributed by atoms with van der Waals surface area (Å²) in [6.07, 6.45) is 3.42. The average Bonchev–Trinajstić information content (AvgIpc) is 2.73. The summed E-state index contributed by atoms with van der Waals surface area (Å²) < 4.78 is 11.9. The maximum absolute atomic E-state index is 12.0. The molecule has 1 saturated heterocycles. The Bertz CT molecular complexity index is 496. The van der Waals surface area contributed by atoms with Crippen molar-refractivity contribution < 1.29 is 24.0 Å². The minimum absolute atomic E-state index is 0.254. The number of aliphatic carboxylic acids is 1. The lowest BCUT2D eigenvalue weighted by molar-refractivity contribution is -0.158. The molecule has 0 bridgehead atoms. The van der Waals surface area contributed by atoms with Gasteiger partial charge in [0.25, 0.3) is 0 Å². The Hall–Kier alpha value is -1.12. The molecule has 1 heterocycles. The molecule has 0 aliphatic carbocycles. The number of unbranched alkanes of at least 4 members (excludes halogenated alkanes) is 1. The molecule has 7 nitrogen and oxygen atoms in total. The van der Waals surface area contributed by atoms with Gasteiger partial charge in [-0.1, -0.05) is 12.8 Å². The zero-order valence-corrected chi connectivity index (χ0v) is 17.1. The van der Waals surface area contributed by atoms with Gasteiger partial charge in [-0.2, -0.15) is 0 Å². The molecule has 0 aromatic carbocycles. The Morgan fingerprint density at radius 1 is 1.08 bits per heavy atom. The third-order valence-corrected chi connectivity index (χ3v) is 5.89. The van der Waals surface area contributed by atoms with Gasteiger partial charge in [0.1, 0.15) is 5.54 Å². The average molecular weight is 370 g/mol. The summed E-state index contributed by atoms with van der Waals surface area (Å²) in [4.78, 5) is 25.2. The molecule has 1 aliphatic heterocycles. The van der Waals surface area contributed by atoms with Crippen LogP contribution in [0, 0.1) is 0 Å². The van der Waals surface area contributed by atoms with Gasteiger partial charge in [-0.15, -0.1) is 0 Å². The predicted octanol–water partition coefficient (Wildman–Crippen LogP) is 2.29. The van der Waals surface area contributed by atoms with Gasteiger partial charge in [-0.25, -0.2) is 4.79 Å². The quantitative estimate of drug-likeness (QED) is 0.452. The Morgan fingerprint density at radius 2 is 1.58 bits per heavy atom. The number of hydrogen-bond donors (Lipinski definition) is 2. The van der Waals surface area contributed by atoms with Crippen LogP contribution < -0.4 is 5.73 Å². The standard InChI is InChI=1S/C18H35BN2O5/c1-14(22)21(6)18(15(23)24,11-9-13-20)10-7-8-12-19-25-16(2,3)17(4,5)26-19/h7-13,20H2,1-6H3,(H,23,24). The van der Waals surface area contributed by atoms with Gasteiger partial charge < -0.3 is 25.0 Å². The maximum atomic E-state index is 12.0. The number of likely N-dealkylation sites (N-methyl/N-ethyl adjacent to an activating group) is 1. The van der Waals surface area contributed by atoms with E-state index in [0.717, 1.165) is 6.42 Å². The fourth-order valence-electron chi connectivity index (χ4n) is 3.33. The maximum Gasteiger partial charge on any atom is 0.457 e. The molecule has 1 unspecified atom stereocenters. The van der Waals surface area contributed by atoms with Crippen LogP contribution in [-0.2, 0) is 18.9 Å².